The topological polar surface area (TPSA) is 20.2 Å². The van der Waals surface area contributed by atoms with E-state index in [1.165, 1.54) is 0 Å². The van der Waals surface area contributed by atoms with Crippen molar-refractivity contribution in [2.75, 3.05) is 6.61 Å². The molecule has 1 N–H and O–H groups in total. The molecule has 1 aromatic carbocycles. The van der Waals surface area contributed by atoms with E-state index in [1.807, 2.05) is 0 Å². The summed E-state index contributed by atoms with van der Waals surface area (Å²) in [5.74, 6) is 5.31. The van der Waals surface area contributed by atoms with Crippen molar-refractivity contribution in [1.82, 2.24) is 0 Å². The van der Waals surface area contributed by atoms with Crippen LogP contribution in [0.4, 0.5) is 0 Å². The van der Waals surface area contributed by atoms with Gasteiger partial charge in [-0.3, -0.25) is 0 Å². The van der Waals surface area contributed by atoms with Gasteiger partial charge in [0.15, 0.2) is 0 Å². The summed E-state index contributed by atoms with van der Waals surface area (Å²) in [5, 5.41) is 9.07. The molecule has 0 aliphatic heterocycles. The Bertz CT molecular complexity index is 333. The second-order valence-electron chi connectivity index (χ2n) is 2.27. The van der Waals surface area contributed by atoms with Crippen molar-refractivity contribution in [3.63, 3.8) is 0 Å². The maximum absolute atomic E-state index is 8.44. The van der Waals surface area contributed by atoms with Crippen molar-refractivity contribution >= 4 is 11.6 Å². The molecule has 61 valence electrons. The number of benzene rings is 1. The van der Waals surface area contributed by atoms with E-state index in [-0.39, 0.29) is 6.61 Å². The van der Waals surface area contributed by atoms with Crippen LogP contribution >= 0.6 is 11.6 Å². The van der Waals surface area contributed by atoms with Crippen LogP contribution in [-0.4, -0.2) is 11.7 Å². The van der Waals surface area contributed by atoms with E-state index in [0.29, 0.717) is 5.02 Å². The highest BCUT2D eigenvalue weighted by Gasteiger charge is 1.93. The molecule has 0 aliphatic carbocycles. The van der Waals surface area contributed by atoms with Crippen LogP contribution in [0.3, 0.4) is 0 Å². The molecule has 0 fully saturated rings. The highest BCUT2D eigenvalue weighted by molar-refractivity contribution is 6.31. The first kappa shape index (κ1) is 9.12. The highest BCUT2D eigenvalue weighted by Crippen LogP contribution is 2.15. The van der Waals surface area contributed by atoms with Gasteiger partial charge >= 0.3 is 0 Å². The molecular formula is C10H8ClO. The summed E-state index contributed by atoms with van der Waals surface area (Å²) >= 11 is 5.75. The molecule has 1 radical (unpaired) electrons. The summed E-state index contributed by atoms with van der Waals surface area (Å²) in [7, 11) is 0. The van der Waals surface area contributed by atoms with Gasteiger partial charge in [0, 0.05) is 10.6 Å². The minimum Gasteiger partial charge on any atom is -0.384 e. The Kier molecular flexibility index (Phi) is 3.16. The molecule has 0 saturated heterocycles. The smallest absolute Gasteiger partial charge is 0.104 e. The van der Waals surface area contributed by atoms with Gasteiger partial charge in [0.25, 0.3) is 0 Å². The number of hydrogen-bond donors (Lipinski definition) is 1. The van der Waals surface area contributed by atoms with Crippen molar-refractivity contribution in [3.8, 4) is 11.8 Å². The molecule has 0 aromatic heterocycles. The van der Waals surface area contributed by atoms with Gasteiger partial charge in [-0.1, -0.05) is 23.4 Å². The fourth-order valence-corrected chi connectivity index (χ4v) is 0.912. The predicted molar refractivity (Wildman–Crippen MR) is 49.9 cm³/mol. The lowest BCUT2D eigenvalue weighted by Crippen LogP contribution is -1.79. The number of rotatable bonds is 0. The average molecular weight is 180 g/mol. The third-order valence-corrected chi connectivity index (χ3v) is 1.73. The number of aliphatic hydroxyl groups excluding tert-OH is 1. The summed E-state index contributed by atoms with van der Waals surface area (Å²) in [6.45, 7) is 3.60. The van der Waals surface area contributed by atoms with E-state index in [1.54, 1.807) is 18.2 Å². The van der Waals surface area contributed by atoms with Crippen LogP contribution in [0.2, 0.25) is 5.02 Å². The van der Waals surface area contributed by atoms with Crippen LogP contribution in [0, 0.1) is 18.8 Å². The van der Waals surface area contributed by atoms with Gasteiger partial charge < -0.3 is 5.11 Å². The Morgan fingerprint density at radius 1 is 1.50 bits per heavy atom. The van der Waals surface area contributed by atoms with Crippen LogP contribution in [0.5, 0.6) is 0 Å². The molecule has 1 aromatic rings. The van der Waals surface area contributed by atoms with Crippen LogP contribution in [0.15, 0.2) is 18.2 Å². The van der Waals surface area contributed by atoms with Gasteiger partial charge in [-0.15, -0.1) is 0 Å². The van der Waals surface area contributed by atoms with Gasteiger partial charge in [-0.05, 0) is 30.7 Å². The summed E-state index contributed by atoms with van der Waals surface area (Å²) in [5.41, 5.74) is 1.57. The van der Waals surface area contributed by atoms with E-state index in [2.05, 4.69) is 18.8 Å². The Labute approximate surface area is 77.0 Å². The van der Waals surface area contributed by atoms with E-state index in [9.17, 15) is 0 Å². The molecule has 1 rings (SSSR count). The Morgan fingerprint density at radius 3 is 2.83 bits per heavy atom. The first-order valence-corrected chi connectivity index (χ1v) is 3.83. The first-order chi connectivity index (χ1) is 5.74. The van der Waals surface area contributed by atoms with Gasteiger partial charge in [0.2, 0.25) is 0 Å². The van der Waals surface area contributed by atoms with Crippen LogP contribution in [0.25, 0.3) is 0 Å². The van der Waals surface area contributed by atoms with Crippen LogP contribution in [0.1, 0.15) is 11.1 Å². The molecule has 0 heterocycles. The molecule has 0 aliphatic rings. The van der Waals surface area contributed by atoms with Crippen molar-refractivity contribution in [3.05, 3.63) is 41.3 Å². The van der Waals surface area contributed by atoms with E-state index in [4.69, 9.17) is 16.7 Å². The SMILES string of the molecule is [CH2]c1cc(C#CCO)ccc1Cl. The van der Waals surface area contributed by atoms with Gasteiger partial charge in [-0.25, -0.2) is 0 Å². The molecule has 0 bridgehead atoms. The van der Waals surface area contributed by atoms with E-state index >= 15 is 0 Å². The van der Waals surface area contributed by atoms with Crippen molar-refractivity contribution in [2.45, 2.75) is 0 Å². The Morgan fingerprint density at radius 2 is 2.25 bits per heavy atom. The summed E-state index contributed by atoms with van der Waals surface area (Å²) in [6.07, 6.45) is 0. The fourth-order valence-electron chi connectivity index (χ4n) is 0.794. The lowest BCUT2D eigenvalue weighted by molar-refractivity contribution is 0.350. The highest BCUT2D eigenvalue weighted by atomic mass is 35.5. The van der Waals surface area contributed by atoms with Crippen molar-refractivity contribution in [2.24, 2.45) is 0 Å². The fraction of sp³-hybridized carbons (Fsp3) is 0.100. The maximum Gasteiger partial charge on any atom is 0.104 e. The summed E-state index contributed by atoms with van der Waals surface area (Å²) < 4.78 is 0. The number of hydrogen-bond acceptors (Lipinski definition) is 1. The molecule has 0 spiro atoms. The van der Waals surface area contributed by atoms with E-state index < -0.39 is 0 Å². The number of aliphatic hydroxyl groups is 1. The van der Waals surface area contributed by atoms with Gasteiger partial charge in [-0.2, -0.15) is 0 Å². The second-order valence-corrected chi connectivity index (χ2v) is 2.67. The van der Waals surface area contributed by atoms with Crippen LogP contribution < -0.4 is 0 Å². The zero-order valence-electron chi connectivity index (χ0n) is 6.47. The summed E-state index contributed by atoms with van der Waals surface area (Å²) in [6, 6.07) is 5.32. The zero-order chi connectivity index (χ0) is 8.97. The second kappa shape index (κ2) is 4.15. The largest absolute Gasteiger partial charge is 0.384 e. The third-order valence-electron chi connectivity index (χ3n) is 1.36. The van der Waals surface area contributed by atoms with Gasteiger partial charge in [0.1, 0.15) is 6.61 Å². The van der Waals surface area contributed by atoms with Crippen molar-refractivity contribution < 1.29 is 5.11 Å². The number of halogens is 1. The molecule has 1 nitrogen and oxygen atoms in total. The van der Waals surface area contributed by atoms with Crippen LogP contribution in [-0.2, 0) is 0 Å². The average Bonchev–Trinajstić information content (AvgIpc) is 2.07. The Balaban J connectivity index is 2.97. The monoisotopic (exact) mass is 179 g/mol. The molecule has 2 heteroatoms. The molecule has 0 amide bonds. The standard InChI is InChI=1S/C10H8ClO/c1-8-7-9(3-2-6-12)4-5-10(8)11/h4-5,7,12H,1,6H2. The maximum atomic E-state index is 8.44. The van der Waals surface area contributed by atoms with E-state index in [0.717, 1.165) is 11.1 Å². The lowest BCUT2D eigenvalue weighted by atomic mass is 10.1. The molecule has 0 unspecified atom stereocenters. The normalized spacial score (nSPS) is 8.92. The predicted octanol–water partition coefficient (Wildman–Crippen LogP) is 1.87. The minimum atomic E-state index is -0.130. The Hall–Kier alpha value is -0.970. The quantitative estimate of drug-likeness (QED) is 0.603. The van der Waals surface area contributed by atoms with Crippen molar-refractivity contribution in [1.29, 1.82) is 0 Å². The first-order valence-electron chi connectivity index (χ1n) is 3.45. The molecular weight excluding hydrogens is 172 g/mol. The lowest BCUT2D eigenvalue weighted by Gasteiger charge is -1.96. The van der Waals surface area contributed by atoms with Gasteiger partial charge in [0.05, 0.1) is 0 Å². The third kappa shape index (κ3) is 2.27. The minimum absolute atomic E-state index is 0.130. The summed E-state index contributed by atoms with van der Waals surface area (Å²) in [4.78, 5) is 0. The molecule has 0 atom stereocenters. The molecule has 12 heavy (non-hydrogen) atoms. The zero-order valence-corrected chi connectivity index (χ0v) is 7.23. The molecule has 0 saturated carbocycles.